The van der Waals surface area contributed by atoms with Crippen molar-refractivity contribution in [2.24, 2.45) is 0 Å². The fraction of sp³-hybridized carbons (Fsp3) is 0.292. The number of ether oxygens (including phenoxy) is 1. The topological polar surface area (TPSA) is 113 Å². The van der Waals surface area contributed by atoms with Crippen LogP contribution in [-0.2, 0) is 16.0 Å². The molecule has 0 radical (unpaired) electrons. The predicted octanol–water partition coefficient (Wildman–Crippen LogP) is 1.56. The number of aromatic nitrogens is 2. The molecule has 0 bridgehead atoms. The van der Waals surface area contributed by atoms with Gasteiger partial charge in [-0.1, -0.05) is 42.5 Å². The van der Waals surface area contributed by atoms with Crippen LogP contribution in [0.15, 0.2) is 70.4 Å². The lowest BCUT2D eigenvalue weighted by molar-refractivity contribution is -0.116. The molecule has 1 aromatic heterocycles. The zero-order chi connectivity index (χ0) is 22.7. The maximum absolute atomic E-state index is 12.2. The Labute approximate surface area is 184 Å². The van der Waals surface area contributed by atoms with Gasteiger partial charge in [0.05, 0.1) is 6.10 Å². The van der Waals surface area contributed by atoms with E-state index in [-0.39, 0.29) is 12.3 Å². The van der Waals surface area contributed by atoms with E-state index >= 15 is 0 Å². The summed E-state index contributed by atoms with van der Waals surface area (Å²) < 4.78 is 6.97. The lowest BCUT2D eigenvalue weighted by atomic mass is 10.1. The van der Waals surface area contributed by atoms with Gasteiger partial charge in [-0.05, 0) is 35.8 Å². The largest absolute Gasteiger partial charge is 0.390 e. The van der Waals surface area contributed by atoms with Crippen LogP contribution in [-0.4, -0.2) is 39.3 Å². The van der Waals surface area contributed by atoms with Gasteiger partial charge in [0.15, 0.2) is 0 Å². The first-order valence-corrected chi connectivity index (χ1v) is 10.5. The molecule has 3 atom stereocenters. The molecule has 2 aromatic carbocycles. The van der Waals surface area contributed by atoms with Crippen molar-refractivity contribution < 1.29 is 14.6 Å². The summed E-state index contributed by atoms with van der Waals surface area (Å²) in [7, 11) is 0. The van der Waals surface area contributed by atoms with Gasteiger partial charge in [0.25, 0.3) is 5.56 Å². The molecule has 0 saturated carbocycles. The third-order valence-corrected chi connectivity index (χ3v) is 5.56. The van der Waals surface area contributed by atoms with Crippen molar-refractivity contribution in [1.29, 1.82) is 0 Å². The Kier molecular flexibility index (Phi) is 6.34. The molecule has 2 heterocycles. The number of carbonyl (C=O) groups excluding carboxylic acids is 1. The number of H-pyrrole nitrogens is 1. The molecule has 8 nitrogen and oxygen atoms in total. The van der Waals surface area contributed by atoms with Crippen LogP contribution in [0.25, 0.3) is 10.8 Å². The first-order chi connectivity index (χ1) is 15.4. The maximum Gasteiger partial charge on any atom is 0.330 e. The summed E-state index contributed by atoms with van der Waals surface area (Å²) >= 11 is 0. The molecule has 8 heteroatoms. The van der Waals surface area contributed by atoms with Crippen LogP contribution in [0.1, 0.15) is 23.8 Å². The highest BCUT2D eigenvalue weighted by atomic mass is 16.5. The van der Waals surface area contributed by atoms with Gasteiger partial charge < -0.3 is 15.2 Å². The summed E-state index contributed by atoms with van der Waals surface area (Å²) in [4.78, 5) is 37.9. The van der Waals surface area contributed by atoms with E-state index in [9.17, 15) is 19.5 Å². The van der Waals surface area contributed by atoms with Crippen molar-refractivity contribution in [3.8, 4) is 0 Å². The number of aromatic amines is 1. The number of fused-ring (bicyclic) bond motifs is 1. The van der Waals surface area contributed by atoms with Crippen molar-refractivity contribution in [2.75, 3.05) is 6.54 Å². The Morgan fingerprint density at radius 3 is 2.84 bits per heavy atom. The molecule has 32 heavy (non-hydrogen) atoms. The number of hydrogen-bond acceptors (Lipinski definition) is 5. The SMILES string of the molecule is Cc1cn([C@H]2C[C@H](O)[C@@H](/C=C/C(=O)NCCc3ccc4ccccc4c3)O2)c(=O)[nH]c1=O. The number of rotatable bonds is 6. The van der Waals surface area contributed by atoms with E-state index in [1.54, 1.807) is 6.92 Å². The fourth-order valence-electron chi connectivity index (χ4n) is 3.79. The number of benzene rings is 2. The standard InChI is InChI=1S/C24H25N3O5/c1-15-14-27(24(31)26-23(15)30)22-13-19(28)20(32-22)8-9-21(29)25-11-10-16-6-7-17-4-2-3-5-18(17)12-16/h2-9,12,14,19-20,22,28H,10-11,13H2,1H3,(H,25,29)(H,26,30,31)/b9-8+/t19-,20+,22+/m0/s1. The molecule has 1 amide bonds. The van der Waals surface area contributed by atoms with Crippen LogP contribution in [0, 0.1) is 6.92 Å². The molecule has 1 saturated heterocycles. The molecule has 1 fully saturated rings. The minimum atomic E-state index is -0.874. The van der Waals surface area contributed by atoms with Crippen molar-refractivity contribution >= 4 is 16.7 Å². The Balaban J connectivity index is 1.30. The molecular formula is C24H25N3O5. The molecule has 4 rings (SSSR count). The fourth-order valence-corrected chi connectivity index (χ4v) is 3.79. The average Bonchev–Trinajstić information content (AvgIpc) is 3.15. The molecular weight excluding hydrogens is 410 g/mol. The van der Waals surface area contributed by atoms with Crippen molar-refractivity contribution in [3.05, 3.63) is 92.8 Å². The normalized spacial score (nSPS) is 20.8. The number of aliphatic hydroxyl groups excluding tert-OH is 1. The summed E-state index contributed by atoms with van der Waals surface area (Å²) in [5.41, 5.74) is 0.440. The van der Waals surface area contributed by atoms with Crippen LogP contribution in [0.4, 0.5) is 0 Å². The monoisotopic (exact) mass is 435 g/mol. The number of carbonyl (C=O) groups is 1. The maximum atomic E-state index is 12.2. The number of hydrogen-bond donors (Lipinski definition) is 3. The van der Waals surface area contributed by atoms with Crippen LogP contribution in [0.3, 0.4) is 0 Å². The van der Waals surface area contributed by atoms with Gasteiger partial charge in [-0.3, -0.25) is 19.1 Å². The Hall–Kier alpha value is -3.49. The third kappa shape index (κ3) is 4.87. The van der Waals surface area contributed by atoms with E-state index < -0.39 is 29.7 Å². The molecule has 3 aromatic rings. The molecule has 0 unspecified atom stereocenters. The van der Waals surface area contributed by atoms with Gasteiger partial charge in [0, 0.05) is 30.8 Å². The lowest BCUT2D eigenvalue weighted by Crippen LogP contribution is -2.33. The predicted molar refractivity (Wildman–Crippen MR) is 120 cm³/mol. The van der Waals surface area contributed by atoms with Crippen LogP contribution in [0.2, 0.25) is 0 Å². The van der Waals surface area contributed by atoms with Crippen LogP contribution in [0.5, 0.6) is 0 Å². The highest BCUT2D eigenvalue weighted by Gasteiger charge is 2.34. The van der Waals surface area contributed by atoms with Gasteiger partial charge in [-0.2, -0.15) is 0 Å². The van der Waals surface area contributed by atoms with E-state index in [2.05, 4.69) is 34.6 Å². The van der Waals surface area contributed by atoms with E-state index in [1.165, 1.54) is 28.3 Å². The second-order valence-electron chi connectivity index (χ2n) is 7.92. The Morgan fingerprint density at radius 1 is 1.25 bits per heavy atom. The zero-order valence-corrected chi connectivity index (χ0v) is 17.7. The molecule has 3 N–H and O–H groups in total. The molecule has 1 aliphatic heterocycles. The van der Waals surface area contributed by atoms with Crippen molar-refractivity contribution in [3.63, 3.8) is 0 Å². The molecule has 0 aliphatic carbocycles. The summed E-state index contributed by atoms with van der Waals surface area (Å²) in [6.45, 7) is 2.06. The minimum absolute atomic E-state index is 0.171. The summed E-state index contributed by atoms with van der Waals surface area (Å²) in [5.74, 6) is -0.290. The first kappa shape index (κ1) is 21.7. The number of amides is 1. The highest BCUT2D eigenvalue weighted by Crippen LogP contribution is 2.28. The van der Waals surface area contributed by atoms with Gasteiger partial charge in [0.1, 0.15) is 12.3 Å². The van der Waals surface area contributed by atoms with Crippen LogP contribution >= 0.6 is 0 Å². The van der Waals surface area contributed by atoms with E-state index in [4.69, 9.17) is 4.74 Å². The van der Waals surface area contributed by atoms with E-state index in [0.717, 1.165) is 10.9 Å². The van der Waals surface area contributed by atoms with Gasteiger partial charge in [-0.25, -0.2) is 4.79 Å². The smallest absolute Gasteiger partial charge is 0.330 e. The second-order valence-corrected chi connectivity index (χ2v) is 7.92. The number of nitrogens with one attached hydrogen (secondary N) is 2. The highest BCUT2D eigenvalue weighted by molar-refractivity contribution is 5.87. The summed E-state index contributed by atoms with van der Waals surface area (Å²) in [6.07, 6.45) is 2.76. The zero-order valence-electron chi connectivity index (χ0n) is 17.7. The van der Waals surface area contributed by atoms with Crippen LogP contribution < -0.4 is 16.6 Å². The van der Waals surface area contributed by atoms with Crippen molar-refractivity contribution in [1.82, 2.24) is 14.9 Å². The second kappa shape index (κ2) is 9.33. The number of aliphatic hydroxyl groups is 1. The summed E-state index contributed by atoms with van der Waals surface area (Å²) in [5, 5.41) is 15.4. The lowest BCUT2D eigenvalue weighted by Gasteiger charge is -2.14. The van der Waals surface area contributed by atoms with Gasteiger partial charge >= 0.3 is 5.69 Å². The minimum Gasteiger partial charge on any atom is -0.390 e. The van der Waals surface area contributed by atoms with Gasteiger partial charge in [0.2, 0.25) is 5.91 Å². The molecule has 1 aliphatic rings. The average molecular weight is 435 g/mol. The summed E-state index contributed by atoms with van der Waals surface area (Å²) in [6, 6.07) is 14.3. The number of aryl methyl sites for hydroxylation is 1. The van der Waals surface area contributed by atoms with Gasteiger partial charge in [-0.15, -0.1) is 0 Å². The number of nitrogens with zero attached hydrogens (tertiary/aromatic N) is 1. The molecule has 0 spiro atoms. The van der Waals surface area contributed by atoms with E-state index in [1.807, 2.05) is 18.2 Å². The quantitative estimate of drug-likeness (QED) is 0.509. The third-order valence-electron chi connectivity index (χ3n) is 5.56. The van der Waals surface area contributed by atoms with E-state index in [0.29, 0.717) is 18.5 Å². The first-order valence-electron chi connectivity index (χ1n) is 10.5. The van der Waals surface area contributed by atoms with Crippen molar-refractivity contribution in [2.45, 2.75) is 38.2 Å². The Morgan fingerprint density at radius 2 is 2.03 bits per heavy atom. The Bertz CT molecular complexity index is 1280. The molecule has 166 valence electrons.